The first kappa shape index (κ1) is 17.7. The average Bonchev–Trinajstić information content (AvgIpc) is 2.25. The molecule has 0 radical (unpaired) electrons. The van der Waals surface area contributed by atoms with E-state index in [0.717, 1.165) is 18.4 Å². The fourth-order valence-electron chi connectivity index (χ4n) is 1.93. The van der Waals surface area contributed by atoms with E-state index in [1.165, 1.54) is 11.1 Å². The summed E-state index contributed by atoms with van der Waals surface area (Å²) >= 11 is 0. The second-order valence-electron chi connectivity index (χ2n) is 5.46. The molecule has 19 heavy (non-hydrogen) atoms. The van der Waals surface area contributed by atoms with Crippen LogP contribution in [-0.2, 0) is 9.53 Å². The predicted molar refractivity (Wildman–Crippen MR) is 82.0 cm³/mol. The smallest absolute Gasteiger partial charge is 0.330 e. The molecule has 1 atom stereocenters. The molecule has 0 saturated heterocycles. The highest BCUT2D eigenvalue weighted by Crippen LogP contribution is 2.17. The molecular formula is C17H28O2. The number of carbonyl (C=O) groups excluding carboxylic acids is 1. The molecule has 0 aromatic heterocycles. The first-order chi connectivity index (χ1) is 8.85. The Balaban J connectivity index is 4.39. The van der Waals surface area contributed by atoms with Gasteiger partial charge < -0.3 is 4.74 Å². The maximum absolute atomic E-state index is 11.3. The number of rotatable bonds is 7. The quantitative estimate of drug-likeness (QED) is 0.285. The summed E-state index contributed by atoms with van der Waals surface area (Å²) in [5.41, 5.74) is 3.62. The summed E-state index contributed by atoms with van der Waals surface area (Å²) in [6.07, 6.45) is 8.05. The average molecular weight is 264 g/mol. The van der Waals surface area contributed by atoms with Crippen LogP contribution in [0.4, 0.5) is 0 Å². The van der Waals surface area contributed by atoms with E-state index in [-0.39, 0.29) is 5.97 Å². The molecule has 0 aliphatic carbocycles. The molecule has 108 valence electrons. The van der Waals surface area contributed by atoms with Crippen LogP contribution < -0.4 is 0 Å². The van der Waals surface area contributed by atoms with Gasteiger partial charge in [-0.3, -0.25) is 0 Å². The van der Waals surface area contributed by atoms with Crippen LogP contribution in [0.3, 0.4) is 0 Å². The second kappa shape index (κ2) is 9.60. The molecule has 2 nitrogen and oxygen atoms in total. The van der Waals surface area contributed by atoms with E-state index >= 15 is 0 Å². The second-order valence-corrected chi connectivity index (χ2v) is 5.46. The summed E-state index contributed by atoms with van der Waals surface area (Å²) in [4.78, 5) is 11.3. The van der Waals surface area contributed by atoms with E-state index in [9.17, 15) is 4.79 Å². The van der Waals surface area contributed by atoms with Crippen LogP contribution in [0, 0.1) is 5.92 Å². The van der Waals surface area contributed by atoms with Crippen molar-refractivity contribution in [3.63, 3.8) is 0 Å². The lowest BCUT2D eigenvalue weighted by Crippen LogP contribution is -2.00. The third kappa shape index (κ3) is 10.3. The number of esters is 1. The summed E-state index contributed by atoms with van der Waals surface area (Å²) in [6, 6.07) is 0. The number of ether oxygens (including phenoxy) is 1. The summed E-state index contributed by atoms with van der Waals surface area (Å²) in [7, 11) is 0. The first-order valence-corrected chi connectivity index (χ1v) is 7.00. The van der Waals surface area contributed by atoms with Crippen molar-refractivity contribution in [3.8, 4) is 0 Å². The SMILES string of the molecule is CCOC(=O)C=C(C)C=C(C)CC(C)CC=C(C)C. The summed E-state index contributed by atoms with van der Waals surface area (Å²) in [5.74, 6) is 0.364. The van der Waals surface area contributed by atoms with Crippen molar-refractivity contribution in [2.75, 3.05) is 6.61 Å². The highest BCUT2D eigenvalue weighted by molar-refractivity contribution is 5.83. The maximum atomic E-state index is 11.3. The minimum atomic E-state index is -0.262. The lowest BCUT2D eigenvalue weighted by molar-refractivity contribution is -0.137. The fourth-order valence-corrected chi connectivity index (χ4v) is 1.93. The van der Waals surface area contributed by atoms with E-state index in [1.807, 2.05) is 13.8 Å². The van der Waals surface area contributed by atoms with Gasteiger partial charge in [0.1, 0.15) is 0 Å². The zero-order valence-corrected chi connectivity index (χ0v) is 13.2. The van der Waals surface area contributed by atoms with Crippen molar-refractivity contribution >= 4 is 5.97 Å². The van der Waals surface area contributed by atoms with Gasteiger partial charge in [0.15, 0.2) is 0 Å². The van der Waals surface area contributed by atoms with E-state index < -0.39 is 0 Å². The van der Waals surface area contributed by atoms with Crippen LogP contribution in [0.25, 0.3) is 0 Å². The Bertz CT molecular complexity index is 369. The molecule has 0 saturated carbocycles. The van der Waals surface area contributed by atoms with Crippen LogP contribution in [0.5, 0.6) is 0 Å². The molecule has 0 fully saturated rings. The van der Waals surface area contributed by atoms with Crippen LogP contribution in [0.15, 0.2) is 34.9 Å². The van der Waals surface area contributed by atoms with Crippen molar-refractivity contribution in [3.05, 3.63) is 34.9 Å². The number of hydrogen-bond acceptors (Lipinski definition) is 2. The summed E-state index contributed by atoms with van der Waals surface area (Å²) in [5, 5.41) is 0. The zero-order chi connectivity index (χ0) is 14.8. The van der Waals surface area contributed by atoms with E-state index in [0.29, 0.717) is 12.5 Å². The van der Waals surface area contributed by atoms with Gasteiger partial charge >= 0.3 is 5.97 Å². The lowest BCUT2D eigenvalue weighted by Gasteiger charge is -2.09. The van der Waals surface area contributed by atoms with E-state index in [2.05, 4.69) is 39.8 Å². The van der Waals surface area contributed by atoms with Crippen LogP contribution >= 0.6 is 0 Å². The van der Waals surface area contributed by atoms with Crippen molar-refractivity contribution in [2.45, 2.75) is 54.4 Å². The number of hydrogen-bond donors (Lipinski definition) is 0. The van der Waals surface area contributed by atoms with Crippen molar-refractivity contribution in [1.29, 1.82) is 0 Å². The molecule has 0 spiro atoms. The van der Waals surface area contributed by atoms with Gasteiger partial charge in [-0.15, -0.1) is 0 Å². The minimum absolute atomic E-state index is 0.262. The molecular weight excluding hydrogens is 236 g/mol. The molecule has 0 bridgehead atoms. The Morgan fingerprint density at radius 3 is 2.32 bits per heavy atom. The van der Waals surface area contributed by atoms with Gasteiger partial charge in [-0.05, 0) is 59.0 Å². The largest absolute Gasteiger partial charge is 0.463 e. The molecule has 0 aliphatic heterocycles. The number of allylic oxidation sites excluding steroid dienone is 5. The van der Waals surface area contributed by atoms with Gasteiger partial charge in [0.25, 0.3) is 0 Å². The molecule has 0 heterocycles. The summed E-state index contributed by atoms with van der Waals surface area (Å²) in [6.45, 7) is 12.8. The minimum Gasteiger partial charge on any atom is -0.463 e. The molecule has 0 aromatic carbocycles. The predicted octanol–water partition coefficient (Wildman–Crippen LogP) is 4.82. The third-order valence-corrected chi connectivity index (χ3v) is 2.71. The standard InChI is InChI=1S/C17H28O2/c1-7-19-17(18)12-16(6)11-15(5)10-14(4)9-8-13(2)3/h8,11-12,14H,7,9-10H2,1-6H3. The third-order valence-electron chi connectivity index (χ3n) is 2.71. The normalized spacial score (nSPS) is 14.0. The summed E-state index contributed by atoms with van der Waals surface area (Å²) < 4.78 is 4.89. The fraction of sp³-hybridized carbons (Fsp3) is 0.588. The topological polar surface area (TPSA) is 26.3 Å². The van der Waals surface area contributed by atoms with Gasteiger partial charge in [0, 0.05) is 6.08 Å². The van der Waals surface area contributed by atoms with Gasteiger partial charge in [0.2, 0.25) is 0 Å². The van der Waals surface area contributed by atoms with Crippen molar-refractivity contribution < 1.29 is 9.53 Å². The Hall–Kier alpha value is -1.31. The van der Waals surface area contributed by atoms with Crippen LogP contribution in [0.2, 0.25) is 0 Å². The first-order valence-electron chi connectivity index (χ1n) is 7.00. The zero-order valence-electron chi connectivity index (χ0n) is 13.2. The van der Waals surface area contributed by atoms with Crippen LogP contribution in [-0.4, -0.2) is 12.6 Å². The highest BCUT2D eigenvalue weighted by atomic mass is 16.5. The van der Waals surface area contributed by atoms with Gasteiger partial charge in [0.05, 0.1) is 6.61 Å². The van der Waals surface area contributed by atoms with E-state index in [1.54, 1.807) is 6.08 Å². The molecule has 0 amide bonds. The molecule has 1 unspecified atom stereocenters. The van der Waals surface area contributed by atoms with Gasteiger partial charge in [-0.2, -0.15) is 0 Å². The Kier molecular flexibility index (Phi) is 8.94. The maximum Gasteiger partial charge on any atom is 0.330 e. The monoisotopic (exact) mass is 264 g/mol. The molecule has 0 N–H and O–H groups in total. The molecule has 0 aromatic rings. The van der Waals surface area contributed by atoms with Crippen molar-refractivity contribution in [2.24, 2.45) is 5.92 Å². The Morgan fingerprint density at radius 2 is 1.79 bits per heavy atom. The van der Waals surface area contributed by atoms with Gasteiger partial charge in [-0.1, -0.05) is 30.2 Å². The Labute approximate surface area is 118 Å². The van der Waals surface area contributed by atoms with E-state index in [4.69, 9.17) is 4.74 Å². The lowest BCUT2D eigenvalue weighted by atomic mass is 9.97. The number of carbonyl (C=O) groups is 1. The van der Waals surface area contributed by atoms with Crippen LogP contribution in [0.1, 0.15) is 54.4 Å². The van der Waals surface area contributed by atoms with Crippen molar-refractivity contribution in [1.82, 2.24) is 0 Å². The molecule has 0 aliphatic rings. The molecule has 0 rings (SSSR count). The molecule has 2 heteroatoms. The van der Waals surface area contributed by atoms with Gasteiger partial charge in [-0.25, -0.2) is 4.79 Å². The highest BCUT2D eigenvalue weighted by Gasteiger charge is 2.02. The Morgan fingerprint density at radius 1 is 1.16 bits per heavy atom.